The van der Waals surface area contributed by atoms with Gasteiger partial charge in [-0.3, -0.25) is 0 Å². The first-order valence-electron chi connectivity index (χ1n) is 10.6. The molecule has 1 aliphatic heterocycles. The lowest BCUT2D eigenvalue weighted by Gasteiger charge is -2.30. The Balaban J connectivity index is 1.82. The monoisotopic (exact) mass is 414 g/mol. The SMILES string of the molecule is CC(C)(C)c1ccc(S(=O)(=O)N(CCN2CCCCC2)Cc2ccccc2)cc1. The van der Waals surface area contributed by atoms with E-state index in [-0.39, 0.29) is 5.41 Å². The number of hydrogen-bond donors (Lipinski definition) is 0. The van der Waals surface area contributed by atoms with Gasteiger partial charge in [0.05, 0.1) is 4.90 Å². The van der Waals surface area contributed by atoms with Crippen LogP contribution in [0.2, 0.25) is 0 Å². The smallest absolute Gasteiger partial charge is 0.243 e. The molecule has 0 saturated carbocycles. The summed E-state index contributed by atoms with van der Waals surface area (Å²) in [5.41, 5.74) is 2.15. The van der Waals surface area contributed by atoms with E-state index >= 15 is 0 Å². The van der Waals surface area contributed by atoms with Crippen LogP contribution < -0.4 is 0 Å². The molecule has 1 fully saturated rings. The van der Waals surface area contributed by atoms with Crippen molar-refractivity contribution in [3.8, 4) is 0 Å². The van der Waals surface area contributed by atoms with Gasteiger partial charge in [-0.25, -0.2) is 8.42 Å². The molecule has 0 spiro atoms. The number of benzene rings is 2. The Hall–Kier alpha value is -1.69. The maximum Gasteiger partial charge on any atom is 0.243 e. The van der Waals surface area contributed by atoms with Crippen LogP contribution >= 0.6 is 0 Å². The minimum absolute atomic E-state index is 0.000278. The van der Waals surface area contributed by atoms with Gasteiger partial charge in [0, 0.05) is 19.6 Å². The highest BCUT2D eigenvalue weighted by atomic mass is 32.2. The Labute approximate surface area is 176 Å². The van der Waals surface area contributed by atoms with Gasteiger partial charge in [0.25, 0.3) is 0 Å². The third-order valence-electron chi connectivity index (χ3n) is 5.67. The van der Waals surface area contributed by atoms with E-state index in [0.717, 1.165) is 30.8 Å². The first kappa shape index (κ1) is 22.0. The van der Waals surface area contributed by atoms with Crippen LogP contribution in [0.3, 0.4) is 0 Å². The van der Waals surface area contributed by atoms with E-state index in [9.17, 15) is 8.42 Å². The average Bonchev–Trinajstić information content (AvgIpc) is 2.72. The molecule has 0 unspecified atom stereocenters. The minimum atomic E-state index is -3.56. The number of sulfonamides is 1. The van der Waals surface area contributed by atoms with Crippen molar-refractivity contribution in [1.29, 1.82) is 0 Å². The van der Waals surface area contributed by atoms with Crippen LogP contribution in [0.15, 0.2) is 59.5 Å². The molecule has 0 bridgehead atoms. The maximum atomic E-state index is 13.5. The maximum absolute atomic E-state index is 13.5. The molecular formula is C24H34N2O2S. The first-order valence-corrected chi connectivity index (χ1v) is 12.1. The fraction of sp³-hybridized carbons (Fsp3) is 0.500. The predicted molar refractivity (Wildman–Crippen MR) is 119 cm³/mol. The molecule has 0 aliphatic carbocycles. The van der Waals surface area contributed by atoms with Crippen LogP contribution in [-0.4, -0.2) is 43.8 Å². The Kier molecular flexibility index (Phi) is 7.14. The molecule has 3 rings (SSSR count). The van der Waals surface area contributed by atoms with E-state index in [1.807, 2.05) is 42.5 Å². The van der Waals surface area contributed by atoms with Gasteiger partial charge < -0.3 is 4.90 Å². The topological polar surface area (TPSA) is 40.6 Å². The molecule has 0 amide bonds. The van der Waals surface area contributed by atoms with Crippen molar-refractivity contribution >= 4 is 10.0 Å². The Morgan fingerprint density at radius 3 is 2.10 bits per heavy atom. The second-order valence-electron chi connectivity index (χ2n) is 9.00. The van der Waals surface area contributed by atoms with E-state index < -0.39 is 10.0 Å². The quantitative estimate of drug-likeness (QED) is 0.661. The number of likely N-dealkylation sites (tertiary alicyclic amines) is 1. The molecule has 1 heterocycles. The second kappa shape index (κ2) is 9.41. The molecule has 0 radical (unpaired) electrons. The van der Waals surface area contributed by atoms with Crippen molar-refractivity contribution in [3.63, 3.8) is 0 Å². The number of rotatable bonds is 7. The van der Waals surface area contributed by atoms with Gasteiger partial charge in [0.2, 0.25) is 10.0 Å². The standard InChI is InChI=1S/C24H34N2O2S/c1-24(2,3)22-12-14-23(15-13-22)29(27,28)26(20-21-10-6-4-7-11-21)19-18-25-16-8-5-9-17-25/h4,6-7,10-15H,5,8-9,16-20H2,1-3H3. The van der Waals surface area contributed by atoms with Gasteiger partial charge in [-0.1, -0.05) is 69.7 Å². The summed E-state index contributed by atoms with van der Waals surface area (Å²) >= 11 is 0. The summed E-state index contributed by atoms with van der Waals surface area (Å²) in [6.45, 7) is 10.2. The fourth-order valence-corrected chi connectivity index (χ4v) is 5.20. The van der Waals surface area contributed by atoms with Gasteiger partial charge in [0.15, 0.2) is 0 Å². The fourth-order valence-electron chi connectivity index (χ4n) is 3.78. The average molecular weight is 415 g/mol. The van der Waals surface area contributed by atoms with E-state index in [4.69, 9.17) is 0 Å². The van der Waals surface area contributed by atoms with Gasteiger partial charge in [0.1, 0.15) is 0 Å². The van der Waals surface area contributed by atoms with Crippen molar-refractivity contribution in [1.82, 2.24) is 9.21 Å². The zero-order valence-corrected chi connectivity index (χ0v) is 18.8. The molecule has 2 aromatic rings. The molecular weight excluding hydrogens is 380 g/mol. The highest BCUT2D eigenvalue weighted by molar-refractivity contribution is 7.89. The molecule has 0 N–H and O–H groups in total. The number of nitrogens with zero attached hydrogens (tertiary/aromatic N) is 2. The minimum Gasteiger partial charge on any atom is -0.302 e. The zero-order chi connectivity index (χ0) is 20.9. The zero-order valence-electron chi connectivity index (χ0n) is 18.0. The molecule has 5 heteroatoms. The van der Waals surface area contributed by atoms with Crippen LogP contribution in [0.4, 0.5) is 0 Å². The number of hydrogen-bond acceptors (Lipinski definition) is 3. The first-order chi connectivity index (χ1) is 13.8. The summed E-state index contributed by atoms with van der Waals surface area (Å²) in [5, 5.41) is 0. The summed E-state index contributed by atoms with van der Waals surface area (Å²) < 4.78 is 28.6. The van der Waals surface area contributed by atoms with Crippen LogP contribution in [0.1, 0.15) is 51.2 Å². The molecule has 29 heavy (non-hydrogen) atoms. The summed E-state index contributed by atoms with van der Waals surface area (Å²) in [6, 6.07) is 17.3. The summed E-state index contributed by atoms with van der Waals surface area (Å²) in [5.74, 6) is 0. The van der Waals surface area contributed by atoms with Crippen molar-refractivity contribution < 1.29 is 8.42 Å². The molecule has 1 saturated heterocycles. The molecule has 2 aromatic carbocycles. The van der Waals surface area contributed by atoms with Crippen molar-refractivity contribution in [2.24, 2.45) is 0 Å². The van der Waals surface area contributed by atoms with Crippen molar-refractivity contribution in [2.75, 3.05) is 26.2 Å². The molecule has 0 aromatic heterocycles. The van der Waals surface area contributed by atoms with Gasteiger partial charge >= 0.3 is 0 Å². The highest BCUT2D eigenvalue weighted by Crippen LogP contribution is 2.25. The Morgan fingerprint density at radius 2 is 1.52 bits per heavy atom. The van der Waals surface area contributed by atoms with Crippen molar-refractivity contribution in [2.45, 2.75) is 56.9 Å². The van der Waals surface area contributed by atoms with E-state index in [1.54, 1.807) is 16.4 Å². The summed E-state index contributed by atoms with van der Waals surface area (Å²) in [4.78, 5) is 2.76. The predicted octanol–water partition coefficient (Wildman–Crippen LogP) is 4.66. The third-order valence-corrected chi connectivity index (χ3v) is 7.53. The lowest BCUT2D eigenvalue weighted by Crippen LogP contribution is -2.40. The second-order valence-corrected chi connectivity index (χ2v) is 10.9. The largest absolute Gasteiger partial charge is 0.302 e. The summed E-state index contributed by atoms with van der Waals surface area (Å²) in [6.07, 6.45) is 3.70. The normalized spacial score (nSPS) is 16.3. The van der Waals surface area contributed by atoms with Crippen LogP contribution in [0, 0.1) is 0 Å². The van der Waals surface area contributed by atoms with Gasteiger partial charge in [-0.2, -0.15) is 4.31 Å². The lowest BCUT2D eigenvalue weighted by molar-refractivity contribution is 0.211. The van der Waals surface area contributed by atoms with Crippen LogP contribution in [0.5, 0.6) is 0 Å². The van der Waals surface area contributed by atoms with Gasteiger partial charge in [-0.05, 0) is 54.6 Å². The lowest BCUT2D eigenvalue weighted by atomic mass is 9.87. The Morgan fingerprint density at radius 1 is 0.897 bits per heavy atom. The number of piperidine rings is 1. The van der Waals surface area contributed by atoms with E-state index in [0.29, 0.717) is 18.0 Å². The van der Waals surface area contributed by atoms with Crippen molar-refractivity contribution in [3.05, 3.63) is 65.7 Å². The molecule has 4 nitrogen and oxygen atoms in total. The molecule has 1 aliphatic rings. The summed E-state index contributed by atoms with van der Waals surface area (Å²) in [7, 11) is -3.56. The Bertz CT molecular complexity index is 865. The molecule has 158 valence electrons. The highest BCUT2D eigenvalue weighted by Gasteiger charge is 2.26. The van der Waals surface area contributed by atoms with Crippen LogP contribution in [-0.2, 0) is 22.0 Å². The van der Waals surface area contributed by atoms with E-state index in [1.165, 1.54) is 19.3 Å². The van der Waals surface area contributed by atoms with Gasteiger partial charge in [-0.15, -0.1) is 0 Å². The van der Waals surface area contributed by atoms with E-state index in [2.05, 4.69) is 25.7 Å². The van der Waals surface area contributed by atoms with Crippen LogP contribution in [0.25, 0.3) is 0 Å². The molecule has 0 atom stereocenters. The third kappa shape index (κ3) is 5.91.